The van der Waals surface area contributed by atoms with Gasteiger partial charge in [-0.3, -0.25) is 14.5 Å². The highest BCUT2D eigenvalue weighted by atomic mass is 16.4. The molecule has 2 aromatic rings. The Morgan fingerprint density at radius 2 is 1.88 bits per heavy atom. The molecule has 3 fully saturated rings. The highest BCUT2D eigenvalue weighted by Gasteiger charge is 2.50. The molecule has 0 unspecified atom stereocenters. The second kappa shape index (κ2) is 9.34. The molecular weight excluding hydrogens is 426 g/mol. The lowest BCUT2D eigenvalue weighted by Crippen LogP contribution is -2.60. The molecule has 1 aromatic carbocycles. The molecular formula is C27H39N5O2. The zero-order chi connectivity index (χ0) is 23.9. The minimum Gasteiger partial charge on any atom is -0.465 e. The predicted octanol–water partition coefficient (Wildman–Crippen LogP) is 4.33. The summed E-state index contributed by atoms with van der Waals surface area (Å²) in [5, 5.41) is 13.7. The van der Waals surface area contributed by atoms with Gasteiger partial charge in [0.1, 0.15) is 0 Å². The molecule has 2 aliphatic heterocycles. The minimum atomic E-state index is -0.763. The van der Waals surface area contributed by atoms with Gasteiger partial charge in [-0.2, -0.15) is 5.10 Å². The maximum atomic E-state index is 11.3. The van der Waals surface area contributed by atoms with Crippen LogP contribution in [0, 0.1) is 5.41 Å². The number of benzene rings is 1. The first-order chi connectivity index (χ1) is 16.3. The molecule has 1 aliphatic carbocycles. The molecule has 1 atom stereocenters. The summed E-state index contributed by atoms with van der Waals surface area (Å²) >= 11 is 0. The first-order valence-corrected chi connectivity index (χ1v) is 12.9. The molecule has 7 heteroatoms. The number of rotatable bonds is 5. The van der Waals surface area contributed by atoms with Crippen LogP contribution in [0.4, 0.5) is 4.79 Å². The quantitative estimate of drug-likeness (QED) is 0.712. The first kappa shape index (κ1) is 23.4. The van der Waals surface area contributed by atoms with Crippen molar-refractivity contribution in [2.75, 3.05) is 32.7 Å². The molecule has 1 aromatic heterocycles. The normalized spacial score (nSPS) is 24.0. The van der Waals surface area contributed by atoms with Gasteiger partial charge in [0.05, 0.1) is 6.20 Å². The Kier molecular flexibility index (Phi) is 6.42. The maximum Gasteiger partial charge on any atom is 0.407 e. The Hall–Kier alpha value is -2.38. The van der Waals surface area contributed by atoms with E-state index in [2.05, 4.69) is 59.2 Å². The number of nitrogens with zero attached hydrogens (tertiary/aromatic N) is 5. The number of piperazine rings is 1. The third-order valence-corrected chi connectivity index (χ3v) is 8.55. The summed E-state index contributed by atoms with van der Waals surface area (Å²) in [6.45, 7) is 10.1. The van der Waals surface area contributed by atoms with Crippen LogP contribution in [0.1, 0.15) is 68.2 Å². The highest BCUT2D eigenvalue weighted by Crippen LogP contribution is 2.52. The molecule has 5 rings (SSSR count). The monoisotopic (exact) mass is 465 g/mol. The van der Waals surface area contributed by atoms with Gasteiger partial charge < -0.3 is 10.0 Å². The Morgan fingerprint density at radius 3 is 2.53 bits per heavy atom. The average Bonchev–Trinajstić information content (AvgIpc) is 3.22. The molecule has 3 heterocycles. The molecule has 0 bridgehead atoms. The van der Waals surface area contributed by atoms with Crippen LogP contribution in [0.15, 0.2) is 36.7 Å². The standard InChI is InChI=1S/C27H39N5O2/c1-20(2)23-6-4-5-7-24(23)25-19-30(18-21-16-28-29(3)17-21)12-13-32(25)22-14-27(15-22)8-10-31(11-9-27)26(33)34/h4-7,16-17,20,22,25H,8-15,18-19H2,1-3H3,(H,33,34)/t25-/m1/s1. The van der Waals surface area contributed by atoms with Crippen LogP contribution in [-0.2, 0) is 13.6 Å². The maximum absolute atomic E-state index is 11.3. The highest BCUT2D eigenvalue weighted by molar-refractivity contribution is 5.65. The van der Waals surface area contributed by atoms with E-state index in [0.717, 1.165) is 39.0 Å². The molecule has 7 nitrogen and oxygen atoms in total. The second-order valence-corrected chi connectivity index (χ2v) is 11.1. The van der Waals surface area contributed by atoms with Crippen molar-refractivity contribution < 1.29 is 9.90 Å². The summed E-state index contributed by atoms with van der Waals surface area (Å²) in [6, 6.07) is 10.0. The van der Waals surface area contributed by atoms with Gasteiger partial charge in [0.15, 0.2) is 0 Å². The summed E-state index contributed by atoms with van der Waals surface area (Å²) in [5.41, 5.74) is 4.57. The van der Waals surface area contributed by atoms with E-state index in [1.54, 1.807) is 4.90 Å². The van der Waals surface area contributed by atoms with Crippen LogP contribution in [0.3, 0.4) is 0 Å². The van der Waals surface area contributed by atoms with Gasteiger partial charge in [0.25, 0.3) is 0 Å². The molecule has 184 valence electrons. The van der Waals surface area contributed by atoms with E-state index in [-0.39, 0.29) is 0 Å². The largest absolute Gasteiger partial charge is 0.465 e. The van der Waals surface area contributed by atoms with Gasteiger partial charge in [-0.05, 0) is 48.1 Å². The van der Waals surface area contributed by atoms with Crippen LogP contribution < -0.4 is 0 Å². The van der Waals surface area contributed by atoms with E-state index in [1.165, 1.54) is 29.5 Å². The molecule has 3 aliphatic rings. The zero-order valence-corrected chi connectivity index (χ0v) is 20.9. The summed E-state index contributed by atoms with van der Waals surface area (Å²) in [4.78, 5) is 18.3. The second-order valence-electron chi connectivity index (χ2n) is 11.1. The Morgan fingerprint density at radius 1 is 1.15 bits per heavy atom. The van der Waals surface area contributed by atoms with Crippen molar-refractivity contribution in [2.24, 2.45) is 12.5 Å². The fourth-order valence-corrected chi connectivity index (χ4v) is 6.62. The van der Waals surface area contributed by atoms with Crippen molar-refractivity contribution >= 4 is 6.09 Å². The van der Waals surface area contributed by atoms with Gasteiger partial charge in [-0.1, -0.05) is 38.1 Å². The summed E-state index contributed by atoms with van der Waals surface area (Å²) in [6.07, 6.45) is 7.81. The van der Waals surface area contributed by atoms with Crippen LogP contribution in [0.25, 0.3) is 0 Å². The van der Waals surface area contributed by atoms with Crippen molar-refractivity contribution in [2.45, 2.75) is 64.1 Å². The lowest BCUT2D eigenvalue weighted by Gasteiger charge is -2.58. The van der Waals surface area contributed by atoms with Gasteiger partial charge in [-0.25, -0.2) is 4.79 Å². The molecule has 1 amide bonds. The van der Waals surface area contributed by atoms with Crippen LogP contribution >= 0.6 is 0 Å². The number of aryl methyl sites for hydroxylation is 1. The molecule has 1 saturated carbocycles. The average molecular weight is 466 g/mol. The van der Waals surface area contributed by atoms with Gasteiger partial charge in [0.2, 0.25) is 0 Å². The third-order valence-electron chi connectivity index (χ3n) is 8.55. The van der Waals surface area contributed by atoms with Crippen molar-refractivity contribution in [3.05, 3.63) is 53.3 Å². The molecule has 1 spiro atoms. The molecule has 2 saturated heterocycles. The SMILES string of the molecule is CC(C)c1ccccc1[C@H]1CN(Cc2cnn(C)c2)CCN1C1CC2(CCN(C(=O)O)CC2)C1. The van der Waals surface area contributed by atoms with Crippen LogP contribution in [0.2, 0.25) is 0 Å². The number of carboxylic acid groups (broad SMARTS) is 1. The Bertz CT molecular complexity index is 1000. The lowest BCUT2D eigenvalue weighted by atomic mass is 9.59. The topological polar surface area (TPSA) is 64.8 Å². The first-order valence-electron chi connectivity index (χ1n) is 12.9. The zero-order valence-electron chi connectivity index (χ0n) is 20.9. The van der Waals surface area contributed by atoms with E-state index < -0.39 is 6.09 Å². The summed E-state index contributed by atoms with van der Waals surface area (Å²) in [7, 11) is 1.98. The van der Waals surface area contributed by atoms with Gasteiger partial charge in [0, 0.05) is 70.2 Å². The van der Waals surface area contributed by atoms with E-state index in [1.807, 2.05) is 17.9 Å². The predicted molar refractivity (Wildman–Crippen MR) is 133 cm³/mol. The fourth-order valence-electron chi connectivity index (χ4n) is 6.62. The molecule has 0 radical (unpaired) electrons. The summed E-state index contributed by atoms with van der Waals surface area (Å²) < 4.78 is 1.89. The molecule has 34 heavy (non-hydrogen) atoms. The van der Waals surface area contributed by atoms with E-state index in [9.17, 15) is 9.90 Å². The van der Waals surface area contributed by atoms with Crippen LogP contribution in [-0.4, -0.2) is 74.4 Å². The van der Waals surface area contributed by atoms with Crippen molar-refractivity contribution in [3.63, 3.8) is 0 Å². The Balaban J connectivity index is 1.33. The smallest absolute Gasteiger partial charge is 0.407 e. The summed E-state index contributed by atoms with van der Waals surface area (Å²) in [5.74, 6) is 0.500. The third kappa shape index (κ3) is 4.60. The van der Waals surface area contributed by atoms with Crippen molar-refractivity contribution in [1.29, 1.82) is 0 Å². The number of aromatic nitrogens is 2. The van der Waals surface area contributed by atoms with Crippen LogP contribution in [0.5, 0.6) is 0 Å². The number of amides is 1. The van der Waals surface area contributed by atoms with E-state index in [0.29, 0.717) is 36.5 Å². The number of hydrogen-bond donors (Lipinski definition) is 1. The van der Waals surface area contributed by atoms with E-state index >= 15 is 0 Å². The molecule has 1 N–H and O–H groups in total. The number of piperidine rings is 1. The number of carbonyl (C=O) groups is 1. The lowest BCUT2D eigenvalue weighted by molar-refractivity contribution is -0.0749. The van der Waals surface area contributed by atoms with Gasteiger partial charge in [-0.15, -0.1) is 0 Å². The minimum absolute atomic E-state index is 0.353. The van der Waals surface area contributed by atoms with Crippen molar-refractivity contribution in [3.8, 4) is 0 Å². The van der Waals surface area contributed by atoms with Gasteiger partial charge >= 0.3 is 6.09 Å². The number of likely N-dealkylation sites (tertiary alicyclic amines) is 1. The van der Waals surface area contributed by atoms with Crippen molar-refractivity contribution in [1.82, 2.24) is 24.5 Å². The van der Waals surface area contributed by atoms with E-state index in [4.69, 9.17) is 0 Å². The Labute approximate surface area is 203 Å². The number of hydrogen-bond acceptors (Lipinski definition) is 4. The fraction of sp³-hybridized carbons (Fsp3) is 0.630.